The Balaban J connectivity index is 2.67. The van der Waals surface area contributed by atoms with Crippen LogP contribution in [0, 0.1) is 0 Å². The number of rotatable bonds is 7. The SMILES string of the molecule is CC(C)OC(O[SiH2]c1cccc(C(F)(F)F)c1)OC(C)C. The maximum absolute atomic E-state index is 12.6. The molecule has 0 spiro atoms. The van der Waals surface area contributed by atoms with Crippen molar-refractivity contribution >= 4 is 14.9 Å². The summed E-state index contributed by atoms with van der Waals surface area (Å²) in [6.45, 7) is 6.52. The summed E-state index contributed by atoms with van der Waals surface area (Å²) >= 11 is 0. The van der Waals surface area contributed by atoms with Gasteiger partial charge >= 0.3 is 6.18 Å². The molecule has 120 valence electrons. The van der Waals surface area contributed by atoms with Gasteiger partial charge in [-0.25, -0.2) is 0 Å². The van der Waals surface area contributed by atoms with Gasteiger partial charge in [-0.3, -0.25) is 0 Å². The van der Waals surface area contributed by atoms with E-state index in [4.69, 9.17) is 13.9 Å². The second-order valence-corrected chi connectivity index (χ2v) is 6.61. The number of hydrogen-bond acceptors (Lipinski definition) is 3. The maximum Gasteiger partial charge on any atom is 0.416 e. The van der Waals surface area contributed by atoms with E-state index in [1.165, 1.54) is 6.07 Å². The number of alkyl halides is 3. The Hall–Kier alpha value is -0.893. The zero-order valence-corrected chi connectivity index (χ0v) is 14.0. The molecule has 0 aliphatic carbocycles. The molecule has 0 unspecified atom stereocenters. The van der Waals surface area contributed by atoms with E-state index in [9.17, 15) is 13.2 Å². The smallest absolute Gasteiger partial charge is 0.373 e. The van der Waals surface area contributed by atoms with Crippen molar-refractivity contribution in [3.63, 3.8) is 0 Å². The minimum atomic E-state index is -4.34. The van der Waals surface area contributed by atoms with Crippen LogP contribution in [0.15, 0.2) is 24.3 Å². The van der Waals surface area contributed by atoms with Crippen LogP contribution in [0.5, 0.6) is 0 Å². The molecule has 21 heavy (non-hydrogen) atoms. The second kappa shape index (κ2) is 7.93. The highest BCUT2D eigenvalue weighted by Crippen LogP contribution is 2.28. The van der Waals surface area contributed by atoms with Crippen molar-refractivity contribution in [2.75, 3.05) is 0 Å². The van der Waals surface area contributed by atoms with Gasteiger partial charge in [0.05, 0.1) is 17.8 Å². The Morgan fingerprint density at radius 1 is 1.00 bits per heavy atom. The highest BCUT2D eigenvalue weighted by molar-refractivity contribution is 6.46. The lowest BCUT2D eigenvalue weighted by molar-refractivity contribution is -0.274. The first kappa shape index (κ1) is 18.2. The fourth-order valence-electron chi connectivity index (χ4n) is 1.56. The van der Waals surface area contributed by atoms with Gasteiger partial charge in [0.15, 0.2) is 9.76 Å². The first-order valence-corrected chi connectivity index (χ1v) is 8.05. The normalized spacial score (nSPS) is 13.2. The summed E-state index contributed by atoms with van der Waals surface area (Å²) in [6.07, 6.45) is -4.53. The Morgan fingerprint density at radius 2 is 1.57 bits per heavy atom. The predicted molar refractivity (Wildman–Crippen MR) is 76.9 cm³/mol. The maximum atomic E-state index is 12.6. The van der Waals surface area contributed by atoms with Gasteiger partial charge in [0.1, 0.15) is 0 Å². The zero-order valence-electron chi connectivity index (χ0n) is 12.6. The van der Waals surface area contributed by atoms with E-state index in [0.717, 1.165) is 12.1 Å². The van der Waals surface area contributed by atoms with Crippen LogP contribution in [0.2, 0.25) is 0 Å². The third-order valence-corrected chi connectivity index (χ3v) is 3.62. The highest BCUT2D eigenvalue weighted by Gasteiger charge is 2.30. The lowest BCUT2D eigenvalue weighted by Gasteiger charge is -2.23. The largest absolute Gasteiger partial charge is 0.416 e. The first-order valence-electron chi connectivity index (χ1n) is 6.77. The van der Waals surface area contributed by atoms with Crippen LogP contribution in [-0.2, 0) is 20.1 Å². The quantitative estimate of drug-likeness (QED) is 0.570. The molecule has 0 radical (unpaired) electrons. The predicted octanol–water partition coefficient (Wildman–Crippen LogP) is 2.56. The van der Waals surface area contributed by atoms with Crippen LogP contribution in [0.25, 0.3) is 0 Å². The van der Waals surface area contributed by atoms with E-state index in [0.29, 0.717) is 5.19 Å². The van der Waals surface area contributed by atoms with Crippen molar-refractivity contribution in [1.29, 1.82) is 0 Å². The van der Waals surface area contributed by atoms with E-state index >= 15 is 0 Å². The van der Waals surface area contributed by atoms with Crippen LogP contribution in [0.3, 0.4) is 0 Å². The van der Waals surface area contributed by atoms with Gasteiger partial charge in [0.25, 0.3) is 6.48 Å². The molecule has 0 fully saturated rings. The van der Waals surface area contributed by atoms with Gasteiger partial charge in [-0.1, -0.05) is 18.2 Å². The Bertz CT molecular complexity index is 426. The minimum absolute atomic E-state index is 0.0933. The van der Waals surface area contributed by atoms with Crippen molar-refractivity contribution < 1.29 is 27.1 Å². The van der Waals surface area contributed by atoms with Crippen LogP contribution in [0.1, 0.15) is 33.3 Å². The summed E-state index contributed by atoms with van der Waals surface area (Å²) in [6, 6.07) is 5.18. The molecular formula is C14H21F3O3Si. The highest BCUT2D eigenvalue weighted by atomic mass is 28.2. The number of benzene rings is 1. The third-order valence-electron chi connectivity index (χ3n) is 2.41. The lowest BCUT2D eigenvalue weighted by Crippen LogP contribution is -2.32. The summed E-state index contributed by atoms with van der Waals surface area (Å²) in [4.78, 5) is 0. The fourth-order valence-corrected chi connectivity index (χ4v) is 2.58. The van der Waals surface area contributed by atoms with Crippen molar-refractivity contribution in [2.24, 2.45) is 0 Å². The molecule has 0 saturated heterocycles. The molecule has 7 heteroatoms. The Kier molecular flexibility index (Phi) is 6.86. The number of halogens is 3. The topological polar surface area (TPSA) is 27.7 Å². The molecule has 0 aliphatic rings. The minimum Gasteiger partial charge on any atom is -0.373 e. The van der Waals surface area contributed by atoms with Crippen molar-refractivity contribution in [3.8, 4) is 0 Å². The average Bonchev–Trinajstić information content (AvgIpc) is 2.34. The Morgan fingerprint density at radius 3 is 2.05 bits per heavy atom. The van der Waals surface area contributed by atoms with E-state index in [1.807, 2.05) is 27.7 Å². The molecule has 3 nitrogen and oxygen atoms in total. The third kappa shape index (κ3) is 7.08. The summed E-state index contributed by atoms with van der Waals surface area (Å²) in [7, 11) is -1.37. The molecule has 1 rings (SSSR count). The molecule has 0 atom stereocenters. The van der Waals surface area contributed by atoms with Gasteiger partial charge in [0.2, 0.25) is 0 Å². The summed E-state index contributed by atoms with van der Waals surface area (Å²) in [5, 5.41) is 0.550. The monoisotopic (exact) mass is 322 g/mol. The molecule has 0 amide bonds. The summed E-state index contributed by atoms with van der Waals surface area (Å²) in [5.41, 5.74) is -0.665. The molecule has 0 saturated carbocycles. The van der Waals surface area contributed by atoms with Crippen molar-refractivity contribution in [2.45, 2.75) is 52.6 Å². The van der Waals surface area contributed by atoms with Crippen molar-refractivity contribution in [3.05, 3.63) is 29.8 Å². The average molecular weight is 322 g/mol. The number of ether oxygens (including phenoxy) is 2. The summed E-state index contributed by atoms with van der Waals surface area (Å²) < 4.78 is 54.3. The molecule has 0 aromatic heterocycles. The van der Waals surface area contributed by atoms with Crippen LogP contribution >= 0.6 is 0 Å². The van der Waals surface area contributed by atoms with E-state index < -0.39 is 28.0 Å². The second-order valence-electron chi connectivity index (χ2n) is 5.17. The lowest BCUT2D eigenvalue weighted by atomic mass is 10.2. The van der Waals surface area contributed by atoms with Gasteiger partial charge < -0.3 is 13.9 Å². The molecule has 0 aliphatic heterocycles. The van der Waals surface area contributed by atoms with E-state index in [1.54, 1.807) is 6.07 Å². The van der Waals surface area contributed by atoms with Crippen LogP contribution in [0.4, 0.5) is 13.2 Å². The molecule has 1 aromatic carbocycles. The Labute approximate surface area is 125 Å². The first-order chi connectivity index (χ1) is 9.68. The molecule has 1 aromatic rings. The van der Waals surface area contributed by atoms with Crippen LogP contribution < -0.4 is 5.19 Å². The van der Waals surface area contributed by atoms with E-state index in [-0.39, 0.29) is 12.2 Å². The zero-order chi connectivity index (χ0) is 16.0. The molecular weight excluding hydrogens is 301 g/mol. The summed E-state index contributed by atoms with van der Waals surface area (Å²) in [5.74, 6) is 0. The number of hydrogen-bond donors (Lipinski definition) is 0. The van der Waals surface area contributed by atoms with Gasteiger partial charge in [-0.05, 0) is 38.9 Å². The van der Waals surface area contributed by atoms with Crippen molar-refractivity contribution in [1.82, 2.24) is 0 Å². The van der Waals surface area contributed by atoms with Gasteiger partial charge in [-0.2, -0.15) is 13.2 Å². The van der Waals surface area contributed by atoms with Gasteiger partial charge in [-0.15, -0.1) is 0 Å². The fraction of sp³-hybridized carbons (Fsp3) is 0.571. The van der Waals surface area contributed by atoms with Gasteiger partial charge in [0, 0.05) is 0 Å². The molecule has 0 bridgehead atoms. The molecule has 0 heterocycles. The molecule has 0 N–H and O–H groups in total. The standard InChI is InChI=1S/C14H21F3O3Si/c1-9(2)18-13(19-10(3)4)20-21-12-7-5-6-11(8-12)14(15,16)17/h5-10,13H,21H2,1-4H3. The van der Waals surface area contributed by atoms with Crippen LogP contribution in [-0.4, -0.2) is 28.4 Å². The van der Waals surface area contributed by atoms with E-state index in [2.05, 4.69) is 0 Å².